The van der Waals surface area contributed by atoms with Crippen molar-refractivity contribution in [3.8, 4) is 5.75 Å². The Morgan fingerprint density at radius 3 is 2.80 bits per heavy atom. The van der Waals surface area contributed by atoms with Gasteiger partial charge >= 0.3 is 0 Å². The van der Waals surface area contributed by atoms with Crippen LogP contribution in [-0.2, 0) is 0 Å². The lowest BCUT2D eigenvalue weighted by Gasteiger charge is -2.05. The molecule has 4 heteroatoms. The van der Waals surface area contributed by atoms with Crippen LogP contribution in [0.2, 0.25) is 5.02 Å². The van der Waals surface area contributed by atoms with Crippen LogP contribution < -0.4 is 4.74 Å². The number of hydrogen-bond acceptors (Lipinski definition) is 2. The fourth-order valence-electron chi connectivity index (χ4n) is 0.976. The normalized spacial score (nSPS) is 10.5. The molecule has 15 heavy (non-hydrogen) atoms. The predicted octanol–water partition coefficient (Wildman–Crippen LogP) is 3.48. The lowest BCUT2D eigenvalue weighted by atomic mass is 10.2. The number of halogens is 2. The molecule has 0 bridgehead atoms. The first-order chi connectivity index (χ1) is 7.27. The predicted molar refractivity (Wildman–Crippen MR) is 65.3 cm³/mol. The number of carbonyl (C=O) groups is 1. The lowest BCUT2D eigenvalue weighted by Crippen LogP contribution is -1.94. The van der Waals surface area contributed by atoms with Gasteiger partial charge in [0.15, 0.2) is 0 Å². The molecule has 0 heterocycles. The quantitative estimate of drug-likeness (QED) is 0.471. The van der Waals surface area contributed by atoms with E-state index in [1.165, 1.54) is 0 Å². The minimum absolute atomic E-state index is 0.451. The van der Waals surface area contributed by atoms with E-state index in [2.05, 4.69) is 15.9 Å². The summed E-state index contributed by atoms with van der Waals surface area (Å²) in [5, 5.41) is 1.25. The van der Waals surface area contributed by atoms with Gasteiger partial charge in [-0.15, -0.1) is 0 Å². The van der Waals surface area contributed by atoms with Crippen LogP contribution in [0.4, 0.5) is 0 Å². The van der Waals surface area contributed by atoms with Crippen LogP contribution in [-0.4, -0.2) is 18.2 Å². The highest BCUT2D eigenvalue weighted by molar-refractivity contribution is 9.09. The molecule has 0 saturated carbocycles. The molecule has 1 aromatic carbocycles. The Morgan fingerprint density at radius 1 is 1.40 bits per heavy atom. The lowest BCUT2D eigenvalue weighted by molar-refractivity contribution is 0.112. The van der Waals surface area contributed by atoms with E-state index in [0.29, 0.717) is 22.9 Å². The van der Waals surface area contributed by atoms with Crippen molar-refractivity contribution in [2.75, 3.05) is 11.9 Å². The molecule has 0 saturated heterocycles. The third kappa shape index (κ3) is 4.06. The van der Waals surface area contributed by atoms with E-state index in [1.807, 2.05) is 12.2 Å². The smallest absolute Gasteiger partial charge is 0.150 e. The van der Waals surface area contributed by atoms with Crippen molar-refractivity contribution in [3.63, 3.8) is 0 Å². The summed E-state index contributed by atoms with van der Waals surface area (Å²) in [6, 6.07) is 4.94. The second kappa shape index (κ2) is 6.64. The minimum Gasteiger partial charge on any atom is -0.488 e. The minimum atomic E-state index is 0.451. The van der Waals surface area contributed by atoms with E-state index in [9.17, 15) is 4.79 Å². The SMILES string of the molecule is O=Cc1ccc(OC/C=C/CBr)c(Cl)c1. The van der Waals surface area contributed by atoms with Gasteiger partial charge in [-0.25, -0.2) is 0 Å². The zero-order valence-electron chi connectivity index (χ0n) is 7.95. The molecule has 0 radical (unpaired) electrons. The van der Waals surface area contributed by atoms with Gasteiger partial charge in [-0.1, -0.05) is 39.7 Å². The topological polar surface area (TPSA) is 26.3 Å². The summed E-state index contributed by atoms with van der Waals surface area (Å²) in [6.07, 6.45) is 4.58. The van der Waals surface area contributed by atoms with Crippen LogP contribution in [0.25, 0.3) is 0 Å². The van der Waals surface area contributed by atoms with Crippen LogP contribution >= 0.6 is 27.5 Å². The number of ether oxygens (including phenoxy) is 1. The first-order valence-corrected chi connectivity index (χ1v) is 5.86. The summed E-state index contributed by atoms with van der Waals surface area (Å²) < 4.78 is 5.38. The Bertz CT molecular complexity index is 364. The van der Waals surface area contributed by atoms with E-state index in [1.54, 1.807) is 18.2 Å². The highest BCUT2D eigenvalue weighted by Crippen LogP contribution is 2.24. The van der Waals surface area contributed by atoms with Crippen molar-refractivity contribution in [1.82, 2.24) is 0 Å². The standard InChI is InChI=1S/C11H10BrClO2/c12-5-1-2-6-15-11-4-3-9(8-14)7-10(11)13/h1-4,7-8H,5-6H2/b2-1+. The van der Waals surface area contributed by atoms with Gasteiger partial charge in [0.05, 0.1) is 5.02 Å². The molecular weight excluding hydrogens is 279 g/mol. The molecule has 2 nitrogen and oxygen atoms in total. The number of benzene rings is 1. The molecule has 1 aromatic rings. The number of rotatable bonds is 5. The Balaban J connectivity index is 2.62. The molecule has 0 aliphatic rings. The zero-order chi connectivity index (χ0) is 11.1. The van der Waals surface area contributed by atoms with Crippen LogP contribution in [0.5, 0.6) is 5.75 Å². The number of carbonyl (C=O) groups excluding carboxylic acids is 1. The Morgan fingerprint density at radius 2 is 2.20 bits per heavy atom. The maximum Gasteiger partial charge on any atom is 0.150 e. The van der Waals surface area contributed by atoms with Gasteiger partial charge in [0.2, 0.25) is 0 Å². The maximum atomic E-state index is 10.5. The summed E-state index contributed by atoms with van der Waals surface area (Å²) >= 11 is 9.17. The number of allylic oxidation sites excluding steroid dienone is 1. The van der Waals surface area contributed by atoms with Gasteiger partial charge < -0.3 is 4.74 Å². The van der Waals surface area contributed by atoms with E-state index in [-0.39, 0.29) is 0 Å². The highest BCUT2D eigenvalue weighted by atomic mass is 79.9. The summed E-state index contributed by atoms with van der Waals surface area (Å²) in [6.45, 7) is 0.464. The van der Waals surface area contributed by atoms with E-state index in [4.69, 9.17) is 16.3 Å². The van der Waals surface area contributed by atoms with Crippen LogP contribution in [0.15, 0.2) is 30.4 Å². The van der Waals surface area contributed by atoms with Gasteiger partial charge in [0, 0.05) is 10.9 Å². The fourth-order valence-corrected chi connectivity index (χ4v) is 1.48. The van der Waals surface area contributed by atoms with E-state index < -0.39 is 0 Å². The van der Waals surface area contributed by atoms with Gasteiger partial charge in [-0.3, -0.25) is 4.79 Å². The largest absolute Gasteiger partial charge is 0.488 e. The molecule has 0 spiro atoms. The van der Waals surface area contributed by atoms with Gasteiger partial charge in [-0.05, 0) is 18.2 Å². The molecule has 0 atom stereocenters. The summed E-state index contributed by atoms with van der Waals surface area (Å²) in [4.78, 5) is 10.5. The molecule has 1 rings (SSSR count). The van der Waals surface area contributed by atoms with Crippen molar-refractivity contribution in [2.45, 2.75) is 0 Å². The molecule has 0 aromatic heterocycles. The Labute approximate surface area is 102 Å². The van der Waals surface area contributed by atoms with Gasteiger partial charge in [-0.2, -0.15) is 0 Å². The van der Waals surface area contributed by atoms with Crippen molar-refractivity contribution in [1.29, 1.82) is 0 Å². The molecule has 0 unspecified atom stereocenters. The highest BCUT2D eigenvalue weighted by Gasteiger charge is 2.01. The first-order valence-electron chi connectivity index (χ1n) is 4.36. The molecule has 0 N–H and O–H groups in total. The zero-order valence-corrected chi connectivity index (χ0v) is 10.3. The Kier molecular flexibility index (Phi) is 5.43. The van der Waals surface area contributed by atoms with Gasteiger partial charge in [0.25, 0.3) is 0 Å². The first kappa shape index (κ1) is 12.3. The van der Waals surface area contributed by atoms with Crippen LogP contribution in [0.1, 0.15) is 10.4 Å². The molecule has 0 aliphatic carbocycles. The third-order valence-corrected chi connectivity index (χ3v) is 2.35. The maximum absolute atomic E-state index is 10.5. The second-order valence-corrected chi connectivity index (χ2v) is 3.80. The summed E-state index contributed by atoms with van der Waals surface area (Å²) in [7, 11) is 0. The van der Waals surface area contributed by atoms with E-state index >= 15 is 0 Å². The van der Waals surface area contributed by atoms with Crippen molar-refractivity contribution >= 4 is 33.8 Å². The number of alkyl halides is 1. The molecule has 0 aliphatic heterocycles. The van der Waals surface area contributed by atoms with E-state index in [0.717, 1.165) is 11.6 Å². The van der Waals surface area contributed by atoms with Crippen molar-refractivity contribution < 1.29 is 9.53 Å². The molecule has 0 amide bonds. The Hall–Kier alpha value is -0.800. The van der Waals surface area contributed by atoms with Crippen LogP contribution in [0, 0.1) is 0 Å². The fraction of sp³-hybridized carbons (Fsp3) is 0.182. The average Bonchev–Trinajstić information content (AvgIpc) is 2.26. The van der Waals surface area contributed by atoms with Crippen molar-refractivity contribution in [2.24, 2.45) is 0 Å². The molecule has 0 fully saturated rings. The number of hydrogen-bond donors (Lipinski definition) is 0. The van der Waals surface area contributed by atoms with Crippen molar-refractivity contribution in [3.05, 3.63) is 40.9 Å². The third-order valence-electron chi connectivity index (χ3n) is 1.68. The molecule has 80 valence electrons. The van der Waals surface area contributed by atoms with Gasteiger partial charge in [0.1, 0.15) is 18.6 Å². The van der Waals surface area contributed by atoms with Crippen LogP contribution in [0.3, 0.4) is 0 Å². The summed E-state index contributed by atoms with van der Waals surface area (Å²) in [5.41, 5.74) is 0.545. The second-order valence-electron chi connectivity index (χ2n) is 2.74. The molecular formula is C11H10BrClO2. The monoisotopic (exact) mass is 288 g/mol. The average molecular weight is 290 g/mol. The summed E-state index contributed by atoms with van der Waals surface area (Å²) in [5.74, 6) is 0.585. The number of aldehydes is 1.